The SMILES string of the molecule is O=C(NCC(O)c1ccccc1)C(F)(F)C(F)(F)C(F)(F)C(F)(F)C(F)(F)C(F)(F)F. The van der Waals surface area contributed by atoms with Crippen molar-refractivity contribution in [3.05, 3.63) is 35.9 Å². The van der Waals surface area contributed by atoms with Crippen molar-refractivity contribution in [2.45, 2.75) is 41.9 Å². The van der Waals surface area contributed by atoms with Crippen molar-refractivity contribution >= 4 is 5.91 Å². The number of benzene rings is 1. The average Bonchev–Trinajstić information content (AvgIpc) is 2.64. The first kappa shape index (κ1) is 26.8. The van der Waals surface area contributed by atoms with Gasteiger partial charge < -0.3 is 10.4 Å². The molecule has 0 spiro atoms. The molecule has 1 amide bonds. The van der Waals surface area contributed by atoms with Gasteiger partial charge in [0.1, 0.15) is 0 Å². The fraction of sp³-hybridized carbons (Fsp3) is 0.533. The molecule has 1 atom stereocenters. The van der Waals surface area contributed by atoms with Crippen LogP contribution in [0.5, 0.6) is 0 Å². The van der Waals surface area contributed by atoms with Crippen LogP contribution in [-0.4, -0.2) is 53.3 Å². The first-order valence-corrected chi connectivity index (χ1v) is 7.63. The maximum atomic E-state index is 13.6. The summed E-state index contributed by atoms with van der Waals surface area (Å²) in [5.74, 6) is -42.1. The summed E-state index contributed by atoms with van der Waals surface area (Å²) in [6.45, 7) is -1.37. The molecular weight excluding hydrogens is 473 g/mol. The Morgan fingerprint density at radius 1 is 0.742 bits per heavy atom. The lowest BCUT2D eigenvalue weighted by molar-refractivity contribution is -0.436. The summed E-state index contributed by atoms with van der Waals surface area (Å²) in [7, 11) is 0. The van der Waals surface area contributed by atoms with Crippen molar-refractivity contribution in [3.8, 4) is 0 Å². The van der Waals surface area contributed by atoms with Gasteiger partial charge in [0.2, 0.25) is 0 Å². The van der Waals surface area contributed by atoms with E-state index in [0.29, 0.717) is 0 Å². The summed E-state index contributed by atoms with van der Waals surface area (Å²) in [4.78, 5) is 11.2. The van der Waals surface area contributed by atoms with Crippen LogP contribution in [-0.2, 0) is 4.79 Å². The highest BCUT2D eigenvalue weighted by molar-refractivity contribution is 5.84. The van der Waals surface area contributed by atoms with E-state index in [4.69, 9.17) is 0 Å². The zero-order chi connectivity index (χ0) is 24.7. The number of halogens is 13. The molecule has 3 nitrogen and oxygen atoms in total. The van der Waals surface area contributed by atoms with Gasteiger partial charge in [-0.25, -0.2) is 0 Å². The average molecular weight is 483 g/mol. The van der Waals surface area contributed by atoms with E-state index in [9.17, 15) is 67.0 Å². The highest BCUT2D eigenvalue weighted by Crippen LogP contribution is 2.60. The zero-order valence-electron chi connectivity index (χ0n) is 14.4. The number of nitrogens with one attached hydrogen (secondary N) is 1. The summed E-state index contributed by atoms with van der Waals surface area (Å²) >= 11 is 0. The first-order valence-electron chi connectivity index (χ1n) is 7.63. The van der Waals surface area contributed by atoms with Gasteiger partial charge in [0.05, 0.1) is 6.10 Å². The van der Waals surface area contributed by atoms with Crippen molar-refractivity contribution in [1.29, 1.82) is 0 Å². The Morgan fingerprint density at radius 3 is 1.58 bits per heavy atom. The van der Waals surface area contributed by atoms with Gasteiger partial charge in [0, 0.05) is 6.54 Å². The van der Waals surface area contributed by atoms with Gasteiger partial charge in [-0.3, -0.25) is 4.79 Å². The number of rotatable bonds is 8. The minimum absolute atomic E-state index is 0.112. The van der Waals surface area contributed by atoms with Crippen LogP contribution in [0.1, 0.15) is 11.7 Å². The molecule has 0 heterocycles. The molecule has 0 bridgehead atoms. The molecule has 0 fully saturated rings. The molecule has 31 heavy (non-hydrogen) atoms. The monoisotopic (exact) mass is 483 g/mol. The predicted molar refractivity (Wildman–Crippen MR) is 75.2 cm³/mol. The van der Waals surface area contributed by atoms with E-state index >= 15 is 0 Å². The molecule has 0 saturated carbocycles. The van der Waals surface area contributed by atoms with Gasteiger partial charge in [-0.05, 0) is 5.56 Å². The van der Waals surface area contributed by atoms with E-state index in [2.05, 4.69) is 0 Å². The van der Waals surface area contributed by atoms with Gasteiger partial charge in [-0.1, -0.05) is 30.3 Å². The standard InChI is InChI=1S/C15H10F13NO2/c16-10(17,9(31)29-6-8(30)7-4-2-1-3-5-7)11(18,19)12(20,21)13(22,23)14(24,25)15(26,27)28/h1-5,8,30H,6H2,(H,29,31). The maximum absolute atomic E-state index is 13.6. The van der Waals surface area contributed by atoms with Crippen molar-refractivity contribution in [1.82, 2.24) is 5.32 Å². The molecule has 0 aliphatic carbocycles. The Labute approximate surface area is 163 Å². The van der Waals surface area contributed by atoms with E-state index in [1.54, 1.807) is 0 Å². The number of carbonyl (C=O) groups excluding carboxylic acids is 1. The molecule has 1 aromatic carbocycles. The Kier molecular flexibility index (Phi) is 6.92. The summed E-state index contributed by atoms with van der Waals surface area (Å²) in [5.41, 5.74) is -0.112. The summed E-state index contributed by atoms with van der Waals surface area (Å²) in [6.07, 6.45) is -9.43. The van der Waals surface area contributed by atoms with Gasteiger partial charge in [0.15, 0.2) is 0 Å². The van der Waals surface area contributed by atoms with Gasteiger partial charge in [-0.15, -0.1) is 0 Å². The minimum atomic E-state index is -8.09. The Bertz CT molecular complexity index is 777. The topological polar surface area (TPSA) is 49.3 Å². The Hall–Kier alpha value is -2.26. The third-order valence-electron chi connectivity index (χ3n) is 3.86. The van der Waals surface area contributed by atoms with E-state index in [1.165, 1.54) is 18.2 Å². The molecule has 1 rings (SSSR count). The Morgan fingerprint density at radius 2 is 1.16 bits per heavy atom. The highest BCUT2D eigenvalue weighted by atomic mass is 19.4. The second kappa shape index (κ2) is 8.02. The quantitative estimate of drug-likeness (QED) is 0.533. The molecular formula is C15H10F13NO2. The lowest BCUT2D eigenvalue weighted by Gasteiger charge is -2.39. The van der Waals surface area contributed by atoms with Crippen molar-refractivity contribution in [2.75, 3.05) is 6.54 Å². The zero-order valence-corrected chi connectivity index (χ0v) is 14.4. The number of aliphatic hydroxyl groups excluding tert-OH is 1. The smallest absolute Gasteiger partial charge is 0.387 e. The maximum Gasteiger partial charge on any atom is 0.460 e. The number of hydrogen-bond acceptors (Lipinski definition) is 2. The summed E-state index contributed by atoms with van der Waals surface area (Å²) in [5, 5.41) is 10.4. The Balaban J connectivity index is 3.19. The third-order valence-corrected chi connectivity index (χ3v) is 3.86. The summed E-state index contributed by atoms with van der Waals surface area (Å²) in [6, 6.07) is 6.25. The third kappa shape index (κ3) is 4.25. The molecule has 1 aromatic rings. The van der Waals surface area contributed by atoms with Crippen LogP contribution in [0.4, 0.5) is 57.1 Å². The van der Waals surface area contributed by atoms with Crippen LogP contribution in [0.2, 0.25) is 0 Å². The fourth-order valence-corrected chi connectivity index (χ4v) is 2.01. The number of hydrogen-bond donors (Lipinski definition) is 2. The molecule has 0 saturated heterocycles. The molecule has 0 aliphatic heterocycles. The van der Waals surface area contributed by atoms with Crippen LogP contribution in [0.25, 0.3) is 0 Å². The lowest BCUT2D eigenvalue weighted by Crippen LogP contribution is -2.72. The number of carbonyl (C=O) groups is 1. The van der Waals surface area contributed by atoms with Crippen LogP contribution >= 0.6 is 0 Å². The van der Waals surface area contributed by atoms with E-state index in [1.807, 2.05) is 0 Å². The largest absolute Gasteiger partial charge is 0.460 e. The lowest BCUT2D eigenvalue weighted by atomic mass is 9.93. The van der Waals surface area contributed by atoms with Gasteiger partial charge >= 0.3 is 35.8 Å². The van der Waals surface area contributed by atoms with E-state index in [0.717, 1.165) is 17.4 Å². The van der Waals surface area contributed by atoms with Gasteiger partial charge in [0.25, 0.3) is 5.91 Å². The number of aliphatic hydroxyl groups is 1. The van der Waals surface area contributed by atoms with Crippen LogP contribution in [0.3, 0.4) is 0 Å². The molecule has 16 heteroatoms. The second-order valence-corrected chi connectivity index (χ2v) is 6.01. The fourth-order valence-electron chi connectivity index (χ4n) is 2.01. The van der Waals surface area contributed by atoms with Gasteiger partial charge in [-0.2, -0.15) is 57.1 Å². The summed E-state index contributed by atoms with van der Waals surface area (Å²) < 4.78 is 168. The van der Waals surface area contributed by atoms with Crippen molar-refractivity contribution in [3.63, 3.8) is 0 Å². The molecule has 0 aliphatic rings. The molecule has 0 aromatic heterocycles. The highest BCUT2D eigenvalue weighted by Gasteiger charge is 2.91. The number of alkyl halides is 13. The normalized spacial score (nSPS) is 15.5. The molecule has 178 valence electrons. The van der Waals surface area contributed by atoms with Crippen LogP contribution in [0, 0.1) is 0 Å². The van der Waals surface area contributed by atoms with E-state index < -0.39 is 54.3 Å². The van der Waals surface area contributed by atoms with Crippen molar-refractivity contribution in [2.24, 2.45) is 0 Å². The minimum Gasteiger partial charge on any atom is -0.387 e. The molecule has 1 unspecified atom stereocenters. The van der Waals surface area contributed by atoms with E-state index in [-0.39, 0.29) is 5.56 Å². The van der Waals surface area contributed by atoms with Crippen LogP contribution in [0.15, 0.2) is 30.3 Å². The number of amides is 1. The van der Waals surface area contributed by atoms with Crippen LogP contribution < -0.4 is 5.32 Å². The van der Waals surface area contributed by atoms with Crippen molar-refractivity contribution < 1.29 is 67.0 Å². The molecule has 2 N–H and O–H groups in total. The second-order valence-electron chi connectivity index (χ2n) is 6.01. The first-order chi connectivity index (χ1) is 13.7. The molecule has 0 radical (unpaired) electrons. The predicted octanol–water partition coefficient (Wildman–Crippen LogP) is 4.58.